The third kappa shape index (κ3) is 2.96. The number of hydrogen-bond donors (Lipinski definition) is 0. The highest BCUT2D eigenvalue weighted by atomic mass is 16.6. The highest BCUT2D eigenvalue weighted by Gasteiger charge is 2.22. The van der Waals surface area contributed by atoms with E-state index in [4.69, 9.17) is 4.74 Å². The molecular formula is C14H18N2O4. The van der Waals surface area contributed by atoms with E-state index in [9.17, 15) is 14.9 Å². The highest BCUT2D eigenvalue weighted by Crippen LogP contribution is 2.27. The second-order valence-corrected chi connectivity index (χ2v) is 4.97. The lowest BCUT2D eigenvalue weighted by atomic mass is 10.0. The molecule has 0 atom stereocenters. The Bertz CT molecular complexity index is 524. The topological polar surface area (TPSA) is 72.7 Å². The van der Waals surface area contributed by atoms with E-state index in [-0.39, 0.29) is 17.0 Å². The van der Waals surface area contributed by atoms with E-state index in [1.807, 2.05) is 7.05 Å². The van der Waals surface area contributed by atoms with Crippen molar-refractivity contribution in [2.24, 2.45) is 0 Å². The fourth-order valence-electron chi connectivity index (χ4n) is 2.47. The summed E-state index contributed by atoms with van der Waals surface area (Å²) in [7, 11) is 1.95. The number of benzene rings is 1. The first-order valence-corrected chi connectivity index (χ1v) is 6.60. The largest absolute Gasteiger partial charge is 0.381 e. The number of hydrogen-bond acceptors (Lipinski definition) is 5. The van der Waals surface area contributed by atoms with E-state index in [2.05, 4.69) is 4.90 Å². The molecule has 1 fully saturated rings. The van der Waals surface area contributed by atoms with Gasteiger partial charge in [-0.2, -0.15) is 0 Å². The monoisotopic (exact) mass is 278 g/mol. The van der Waals surface area contributed by atoms with Crippen LogP contribution >= 0.6 is 0 Å². The third-order valence-corrected chi connectivity index (χ3v) is 3.70. The second-order valence-electron chi connectivity index (χ2n) is 4.97. The average molecular weight is 278 g/mol. The zero-order valence-electron chi connectivity index (χ0n) is 11.7. The molecule has 0 unspecified atom stereocenters. The maximum Gasteiger partial charge on any atom is 0.280 e. The molecule has 0 N–H and O–H groups in total. The SMILES string of the molecule is CC(=O)c1cc(N(C)C2CCOCC2)ccc1[N+](=O)[O-]. The molecule has 1 aliphatic rings. The van der Waals surface area contributed by atoms with E-state index in [1.54, 1.807) is 12.1 Å². The number of nitro benzene ring substituents is 1. The summed E-state index contributed by atoms with van der Waals surface area (Å²) >= 11 is 0. The maximum absolute atomic E-state index is 11.6. The van der Waals surface area contributed by atoms with Crippen molar-refractivity contribution in [3.63, 3.8) is 0 Å². The average Bonchev–Trinajstić information content (AvgIpc) is 2.46. The molecule has 0 amide bonds. The first kappa shape index (κ1) is 14.5. The van der Waals surface area contributed by atoms with E-state index >= 15 is 0 Å². The Morgan fingerprint density at radius 3 is 2.60 bits per heavy atom. The quantitative estimate of drug-likeness (QED) is 0.480. The van der Waals surface area contributed by atoms with Crippen molar-refractivity contribution in [3.05, 3.63) is 33.9 Å². The number of ether oxygens (including phenoxy) is 1. The molecule has 0 radical (unpaired) electrons. The molecule has 0 aliphatic carbocycles. The van der Waals surface area contributed by atoms with Crippen LogP contribution in [-0.2, 0) is 4.74 Å². The fourth-order valence-corrected chi connectivity index (χ4v) is 2.47. The van der Waals surface area contributed by atoms with Gasteiger partial charge in [0.1, 0.15) is 0 Å². The Morgan fingerprint density at radius 1 is 1.40 bits per heavy atom. The Hall–Kier alpha value is -1.95. The number of ketones is 1. The summed E-state index contributed by atoms with van der Waals surface area (Å²) in [5.41, 5.74) is 0.848. The first-order chi connectivity index (χ1) is 9.50. The van der Waals surface area contributed by atoms with Gasteiger partial charge in [0.2, 0.25) is 0 Å². The highest BCUT2D eigenvalue weighted by molar-refractivity contribution is 5.99. The molecule has 6 nitrogen and oxygen atoms in total. The smallest absolute Gasteiger partial charge is 0.280 e. The standard InChI is InChI=1S/C14H18N2O4/c1-10(17)13-9-12(3-4-14(13)16(18)19)15(2)11-5-7-20-8-6-11/h3-4,9,11H,5-8H2,1-2H3. The van der Waals surface area contributed by atoms with Crippen LogP contribution in [0.1, 0.15) is 30.1 Å². The van der Waals surface area contributed by atoms with Crippen molar-refractivity contribution < 1.29 is 14.5 Å². The van der Waals surface area contributed by atoms with Gasteiger partial charge in [-0.25, -0.2) is 0 Å². The fraction of sp³-hybridized carbons (Fsp3) is 0.500. The van der Waals surface area contributed by atoms with Crippen LogP contribution in [0.2, 0.25) is 0 Å². The van der Waals surface area contributed by atoms with Gasteiger partial charge in [0, 0.05) is 38.1 Å². The molecule has 1 aromatic rings. The van der Waals surface area contributed by atoms with Gasteiger partial charge in [0.25, 0.3) is 5.69 Å². The van der Waals surface area contributed by atoms with Gasteiger partial charge >= 0.3 is 0 Å². The predicted molar refractivity (Wildman–Crippen MR) is 75.3 cm³/mol. The molecule has 20 heavy (non-hydrogen) atoms. The Balaban J connectivity index is 2.30. The number of carbonyl (C=O) groups excluding carboxylic acids is 1. The summed E-state index contributed by atoms with van der Waals surface area (Å²) in [5.74, 6) is -0.293. The lowest BCUT2D eigenvalue weighted by Gasteiger charge is -2.33. The predicted octanol–water partition coefficient (Wildman–Crippen LogP) is 2.41. The molecule has 108 valence electrons. The molecule has 1 saturated heterocycles. The molecule has 0 aromatic heterocycles. The Morgan fingerprint density at radius 2 is 2.05 bits per heavy atom. The van der Waals surface area contributed by atoms with Crippen LogP contribution in [0.4, 0.5) is 11.4 Å². The minimum absolute atomic E-state index is 0.137. The van der Waals surface area contributed by atoms with Gasteiger partial charge in [0.15, 0.2) is 5.78 Å². The summed E-state index contributed by atoms with van der Waals surface area (Å²) in [5, 5.41) is 10.9. The molecule has 1 aliphatic heterocycles. The van der Waals surface area contributed by atoms with Gasteiger partial charge in [-0.1, -0.05) is 0 Å². The summed E-state index contributed by atoms with van der Waals surface area (Å²) in [6.45, 7) is 2.80. The minimum atomic E-state index is -0.519. The number of nitro groups is 1. The molecule has 2 rings (SSSR count). The number of nitrogens with zero attached hydrogens (tertiary/aromatic N) is 2. The molecule has 6 heteroatoms. The summed E-state index contributed by atoms with van der Waals surface area (Å²) in [6, 6.07) is 5.04. The zero-order chi connectivity index (χ0) is 14.7. The first-order valence-electron chi connectivity index (χ1n) is 6.60. The van der Waals surface area contributed by atoms with E-state index in [1.165, 1.54) is 13.0 Å². The number of anilines is 1. The van der Waals surface area contributed by atoms with Crippen molar-refractivity contribution in [1.29, 1.82) is 0 Å². The third-order valence-electron chi connectivity index (χ3n) is 3.70. The van der Waals surface area contributed by atoms with Crippen molar-refractivity contribution >= 4 is 17.2 Å². The van der Waals surface area contributed by atoms with Gasteiger partial charge < -0.3 is 9.64 Å². The van der Waals surface area contributed by atoms with Gasteiger partial charge in [-0.15, -0.1) is 0 Å². The Kier molecular flexibility index (Phi) is 4.34. The van der Waals surface area contributed by atoms with Crippen LogP contribution in [-0.4, -0.2) is 37.0 Å². The zero-order valence-corrected chi connectivity index (χ0v) is 11.7. The van der Waals surface area contributed by atoms with Crippen LogP contribution < -0.4 is 4.90 Å². The lowest BCUT2D eigenvalue weighted by Crippen LogP contribution is -2.36. The van der Waals surface area contributed by atoms with Gasteiger partial charge in [0.05, 0.1) is 10.5 Å². The van der Waals surface area contributed by atoms with Gasteiger partial charge in [-0.05, 0) is 31.9 Å². The molecule has 1 heterocycles. The van der Waals surface area contributed by atoms with Crippen LogP contribution in [0.15, 0.2) is 18.2 Å². The van der Waals surface area contributed by atoms with E-state index in [0.29, 0.717) is 6.04 Å². The van der Waals surface area contributed by atoms with Crippen molar-refractivity contribution in [3.8, 4) is 0 Å². The number of rotatable bonds is 4. The Labute approximate surface area is 117 Å². The summed E-state index contributed by atoms with van der Waals surface area (Å²) < 4.78 is 5.33. The molecule has 0 saturated carbocycles. The number of Topliss-reactive ketones (excluding diaryl/α,β-unsaturated/α-hetero) is 1. The molecule has 0 spiro atoms. The van der Waals surface area contributed by atoms with Crippen LogP contribution in [0.5, 0.6) is 0 Å². The van der Waals surface area contributed by atoms with Crippen molar-refractivity contribution in [1.82, 2.24) is 0 Å². The number of carbonyl (C=O) groups is 1. The summed E-state index contributed by atoms with van der Waals surface area (Å²) in [4.78, 5) is 24.1. The van der Waals surface area contributed by atoms with Crippen LogP contribution in [0, 0.1) is 10.1 Å². The molecule has 1 aromatic carbocycles. The van der Waals surface area contributed by atoms with E-state index in [0.717, 1.165) is 31.7 Å². The molecule has 0 bridgehead atoms. The maximum atomic E-state index is 11.6. The van der Waals surface area contributed by atoms with Crippen molar-refractivity contribution in [2.45, 2.75) is 25.8 Å². The second kappa shape index (κ2) is 6.00. The van der Waals surface area contributed by atoms with Crippen LogP contribution in [0.25, 0.3) is 0 Å². The van der Waals surface area contributed by atoms with Gasteiger partial charge in [-0.3, -0.25) is 14.9 Å². The van der Waals surface area contributed by atoms with Crippen molar-refractivity contribution in [2.75, 3.05) is 25.2 Å². The lowest BCUT2D eigenvalue weighted by molar-refractivity contribution is -0.385. The van der Waals surface area contributed by atoms with Crippen LogP contribution in [0.3, 0.4) is 0 Å². The minimum Gasteiger partial charge on any atom is -0.381 e. The summed E-state index contributed by atoms with van der Waals surface area (Å²) in [6.07, 6.45) is 1.84. The normalized spacial score (nSPS) is 15.9. The van der Waals surface area contributed by atoms with E-state index < -0.39 is 4.92 Å². The molecular weight excluding hydrogens is 260 g/mol.